The molecule has 0 saturated heterocycles. The van der Waals surface area contributed by atoms with Crippen molar-refractivity contribution in [3.05, 3.63) is 51.0 Å². The quantitative estimate of drug-likeness (QED) is 0.626. The van der Waals surface area contributed by atoms with Crippen molar-refractivity contribution in [2.24, 2.45) is 5.92 Å². The summed E-state index contributed by atoms with van der Waals surface area (Å²) in [6.45, 7) is -0.670. The van der Waals surface area contributed by atoms with Gasteiger partial charge >= 0.3 is 0 Å². The topological polar surface area (TPSA) is 67.3 Å². The van der Waals surface area contributed by atoms with Crippen molar-refractivity contribution in [1.82, 2.24) is 9.88 Å². The van der Waals surface area contributed by atoms with Crippen LogP contribution in [0.3, 0.4) is 0 Å². The highest BCUT2D eigenvalue weighted by atomic mass is 32.1. The molecule has 2 heterocycles. The molecular weight excluding hydrogens is 398 g/mol. The maximum Gasteiger partial charge on any atom is 0.255 e. The second-order valence-corrected chi connectivity index (χ2v) is 8.62. The number of thiophene rings is 1. The number of hydrogen-bond donors (Lipinski definition) is 0. The van der Waals surface area contributed by atoms with Crippen LogP contribution >= 0.6 is 11.3 Å². The number of carbonyl (C=O) groups excluding carboxylic acids is 3. The number of carbonyl (C=O) groups is 3. The van der Waals surface area contributed by atoms with Crippen molar-refractivity contribution in [3.8, 4) is 0 Å². The van der Waals surface area contributed by atoms with Crippen LogP contribution in [0.2, 0.25) is 0 Å². The van der Waals surface area contributed by atoms with E-state index in [9.17, 15) is 23.2 Å². The first kappa shape index (κ1) is 19.8. The van der Waals surface area contributed by atoms with Gasteiger partial charge in [-0.15, -0.1) is 11.3 Å². The summed E-state index contributed by atoms with van der Waals surface area (Å²) in [7, 11) is 0. The molecular formula is C21H20F2N2O3S. The number of ketones is 2. The predicted molar refractivity (Wildman–Crippen MR) is 103 cm³/mol. The molecule has 1 fully saturated rings. The lowest BCUT2D eigenvalue weighted by Crippen LogP contribution is -2.39. The molecule has 1 amide bonds. The first-order chi connectivity index (χ1) is 14.0. The molecule has 29 heavy (non-hydrogen) atoms. The van der Waals surface area contributed by atoms with Gasteiger partial charge in [0, 0.05) is 34.3 Å². The van der Waals surface area contributed by atoms with E-state index in [1.807, 2.05) is 0 Å². The molecule has 4 rings (SSSR count). The Balaban J connectivity index is 1.60. The Bertz CT molecular complexity index is 914. The first-order valence-corrected chi connectivity index (χ1v) is 10.5. The minimum absolute atomic E-state index is 0.0213. The van der Waals surface area contributed by atoms with E-state index >= 15 is 0 Å². The second kappa shape index (κ2) is 8.10. The fraction of sp³-hybridized carbons (Fsp3) is 0.429. The Kier molecular flexibility index (Phi) is 5.54. The van der Waals surface area contributed by atoms with Gasteiger partial charge in [-0.1, -0.05) is 19.3 Å². The fourth-order valence-corrected chi connectivity index (χ4v) is 5.22. The molecule has 152 valence electrons. The summed E-state index contributed by atoms with van der Waals surface area (Å²) in [5, 5.41) is 0. The van der Waals surface area contributed by atoms with Crippen LogP contribution in [-0.4, -0.2) is 40.3 Å². The molecule has 0 spiro atoms. The number of amides is 1. The van der Waals surface area contributed by atoms with Gasteiger partial charge in [0.25, 0.3) is 6.43 Å². The second-order valence-electron chi connectivity index (χ2n) is 7.48. The molecule has 2 aliphatic carbocycles. The Hall–Kier alpha value is -2.48. The van der Waals surface area contributed by atoms with Gasteiger partial charge in [0.15, 0.2) is 5.78 Å². The Morgan fingerprint density at radius 2 is 1.90 bits per heavy atom. The molecule has 0 bridgehead atoms. The third-order valence-corrected chi connectivity index (χ3v) is 6.63. The molecule has 2 aliphatic rings. The number of hydrogen-bond acceptors (Lipinski definition) is 5. The summed E-state index contributed by atoms with van der Waals surface area (Å²) < 4.78 is 26.3. The SMILES string of the molecule is O=C1c2cnccc2C(=O)c2sc(CN(CC(F)F)C(=O)C3CCCCC3)cc21. The number of rotatable bonds is 5. The van der Waals surface area contributed by atoms with Crippen molar-refractivity contribution >= 4 is 28.8 Å². The lowest BCUT2D eigenvalue weighted by molar-refractivity contribution is -0.139. The largest absolute Gasteiger partial charge is 0.332 e. The summed E-state index contributed by atoms with van der Waals surface area (Å²) in [5.74, 6) is -1.06. The molecule has 1 saturated carbocycles. The maximum atomic E-state index is 13.1. The van der Waals surface area contributed by atoms with Gasteiger partial charge in [0.05, 0.1) is 23.5 Å². The van der Waals surface area contributed by atoms with Crippen molar-refractivity contribution < 1.29 is 23.2 Å². The Labute approximate surface area is 170 Å². The van der Waals surface area contributed by atoms with Crippen LogP contribution in [-0.2, 0) is 11.3 Å². The third kappa shape index (κ3) is 3.85. The van der Waals surface area contributed by atoms with E-state index in [1.165, 1.54) is 23.4 Å². The van der Waals surface area contributed by atoms with Crippen molar-refractivity contribution in [2.75, 3.05) is 6.54 Å². The zero-order valence-corrected chi connectivity index (χ0v) is 16.5. The zero-order chi connectivity index (χ0) is 20.5. The van der Waals surface area contributed by atoms with E-state index < -0.39 is 13.0 Å². The number of alkyl halides is 2. The van der Waals surface area contributed by atoms with Crippen LogP contribution in [0.15, 0.2) is 24.5 Å². The number of nitrogens with zero attached hydrogens (tertiary/aromatic N) is 2. The molecule has 0 atom stereocenters. The average molecular weight is 418 g/mol. The minimum atomic E-state index is -2.64. The van der Waals surface area contributed by atoms with Crippen LogP contribution < -0.4 is 0 Å². The molecule has 2 aromatic rings. The van der Waals surface area contributed by atoms with E-state index in [-0.39, 0.29) is 41.1 Å². The van der Waals surface area contributed by atoms with Crippen LogP contribution in [0, 0.1) is 5.92 Å². The molecule has 0 unspecified atom stereocenters. The van der Waals surface area contributed by atoms with Crippen molar-refractivity contribution in [2.45, 2.75) is 45.1 Å². The molecule has 8 heteroatoms. The van der Waals surface area contributed by atoms with E-state index in [4.69, 9.17) is 0 Å². The lowest BCUT2D eigenvalue weighted by Gasteiger charge is -2.28. The van der Waals surface area contributed by atoms with Crippen LogP contribution in [0.1, 0.15) is 68.1 Å². The minimum Gasteiger partial charge on any atom is -0.332 e. The van der Waals surface area contributed by atoms with Gasteiger partial charge in [0.2, 0.25) is 11.7 Å². The van der Waals surface area contributed by atoms with E-state index in [0.717, 1.165) is 43.4 Å². The summed E-state index contributed by atoms with van der Waals surface area (Å²) in [6.07, 6.45) is 4.55. The number of aromatic nitrogens is 1. The molecule has 0 aromatic carbocycles. The Morgan fingerprint density at radius 3 is 2.62 bits per heavy atom. The number of halogens is 2. The summed E-state index contributed by atoms with van der Waals surface area (Å²) in [6, 6.07) is 3.07. The van der Waals surface area contributed by atoms with Gasteiger partial charge in [-0.25, -0.2) is 8.78 Å². The maximum absolute atomic E-state index is 13.1. The standard InChI is InChI=1S/C21H20F2N2O3S/c22-17(23)11-25(21(28)12-4-2-1-3-5-12)10-13-8-15-18(26)16-9-24-7-6-14(16)19(27)20(15)29-13/h6-9,12,17H,1-5,10-11H2. The summed E-state index contributed by atoms with van der Waals surface area (Å²) in [4.78, 5) is 44.3. The zero-order valence-electron chi connectivity index (χ0n) is 15.7. The predicted octanol–water partition coefficient (Wildman–Crippen LogP) is 4.09. The van der Waals surface area contributed by atoms with E-state index in [2.05, 4.69) is 4.98 Å². The molecule has 2 aromatic heterocycles. The number of pyridine rings is 1. The normalized spacial score (nSPS) is 16.7. The van der Waals surface area contributed by atoms with Crippen LogP contribution in [0.25, 0.3) is 0 Å². The lowest BCUT2D eigenvalue weighted by atomic mass is 9.88. The fourth-order valence-electron chi connectivity index (χ4n) is 4.09. The highest BCUT2D eigenvalue weighted by Gasteiger charge is 2.33. The van der Waals surface area contributed by atoms with E-state index in [1.54, 1.807) is 6.07 Å². The van der Waals surface area contributed by atoms with Crippen LogP contribution in [0.5, 0.6) is 0 Å². The smallest absolute Gasteiger partial charge is 0.255 e. The van der Waals surface area contributed by atoms with Gasteiger partial charge in [-0.05, 0) is 25.0 Å². The monoisotopic (exact) mass is 418 g/mol. The molecule has 5 nitrogen and oxygen atoms in total. The number of fused-ring (bicyclic) bond motifs is 2. The van der Waals surface area contributed by atoms with Gasteiger partial charge in [0.1, 0.15) is 0 Å². The first-order valence-electron chi connectivity index (χ1n) is 9.68. The third-order valence-electron chi connectivity index (χ3n) is 5.52. The molecule has 0 N–H and O–H groups in total. The highest BCUT2D eigenvalue weighted by Crippen LogP contribution is 2.34. The van der Waals surface area contributed by atoms with Crippen molar-refractivity contribution in [1.29, 1.82) is 0 Å². The summed E-state index contributed by atoms with van der Waals surface area (Å²) in [5.41, 5.74) is 0.809. The van der Waals surface area contributed by atoms with Gasteiger partial charge < -0.3 is 4.90 Å². The van der Waals surface area contributed by atoms with E-state index in [0.29, 0.717) is 15.3 Å². The van der Waals surface area contributed by atoms with Gasteiger partial charge in [-0.2, -0.15) is 0 Å². The van der Waals surface area contributed by atoms with Gasteiger partial charge in [-0.3, -0.25) is 19.4 Å². The highest BCUT2D eigenvalue weighted by molar-refractivity contribution is 7.14. The van der Waals surface area contributed by atoms with Crippen molar-refractivity contribution in [3.63, 3.8) is 0 Å². The molecule has 0 radical (unpaired) electrons. The van der Waals surface area contributed by atoms with Crippen LogP contribution in [0.4, 0.5) is 8.78 Å². The molecule has 0 aliphatic heterocycles. The average Bonchev–Trinajstić information content (AvgIpc) is 3.16. The summed E-state index contributed by atoms with van der Waals surface area (Å²) >= 11 is 1.10. The Morgan fingerprint density at radius 1 is 1.14 bits per heavy atom.